The highest BCUT2D eigenvalue weighted by atomic mass is 15.1. The van der Waals surface area contributed by atoms with E-state index in [2.05, 4.69) is 67.4 Å². The summed E-state index contributed by atoms with van der Waals surface area (Å²) >= 11 is 0. The van der Waals surface area contributed by atoms with Gasteiger partial charge in [0.15, 0.2) is 0 Å². The first kappa shape index (κ1) is 13.5. The molecule has 0 amide bonds. The third-order valence-electron chi connectivity index (χ3n) is 3.83. The van der Waals surface area contributed by atoms with Crippen LogP contribution in [-0.2, 0) is 0 Å². The summed E-state index contributed by atoms with van der Waals surface area (Å²) in [5.74, 6) is 0. The number of aryl methyl sites for hydroxylation is 3. The summed E-state index contributed by atoms with van der Waals surface area (Å²) in [6.45, 7) is 6.34. The molecule has 1 heterocycles. The normalized spacial score (nSPS) is 10.6. The van der Waals surface area contributed by atoms with Crippen molar-refractivity contribution in [2.75, 3.05) is 0 Å². The van der Waals surface area contributed by atoms with Crippen molar-refractivity contribution in [3.8, 4) is 22.5 Å². The molecule has 2 nitrogen and oxygen atoms in total. The molecule has 0 aliphatic heterocycles. The Hall–Kier alpha value is -2.48. The van der Waals surface area contributed by atoms with E-state index in [0.29, 0.717) is 0 Å². The van der Waals surface area contributed by atoms with Crippen molar-refractivity contribution in [3.63, 3.8) is 0 Å². The van der Waals surface area contributed by atoms with Gasteiger partial charge in [0.1, 0.15) is 0 Å². The van der Waals surface area contributed by atoms with Gasteiger partial charge in [-0.3, -0.25) is 0 Å². The molecule has 104 valence electrons. The Bertz CT molecular complexity index is 777. The van der Waals surface area contributed by atoms with Crippen molar-refractivity contribution in [2.45, 2.75) is 20.8 Å². The van der Waals surface area contributed by atoms with Crippen molar-refractivity contribution in [2.24, 2.45) is 0 Å². The third kappa shape index (κ3) is 2.70. The van der Waals surface area contributed by atoms with Crippen LogP contribution in [0.5, 0.6) is 0 Å². The molecular formula is C19H18N2. The SMILES string of the molecule is Cc1ccc(-c2nnc(-c3ccccc3)cc2C)cc1C. The molecule has 0 radical (unpaired) electrons. The quantitative estimate of drug-likeness (QED) is 0.674. The molecule has 2 aromatic carbocycles. The summed E-state index contributed by atoms with van der Waals surface area (Å²) in [6.07, 6.45) is 0. The van der Waals surface area contributed by atoms with E-state index in [9.17, 15) is 0 Å². The monoisotopic (exact) mass is 274 g/mol. The maximum absolute atomic E-state index is 4.45. The van der Waals surface area contributed by atoms with Crippen LogP contribution in [0.15, 0.2) is 54.6 Å². The second-order valence-electron chi connectivity index (χ2n) is 5.43. The number of benzene rings is 2. The van der Waals surface area contributed by atoms with Crippen molar-refractivity contribution in [1.82, 2.24) is 10.2 Å². The van der Waals surface area contributed by atoms with Crippen LogP contribution in [0.3, 0.4) is 0 Å². The highest BCUT2D eigenvalue weighted by Crippen LogP contribution is 2.25. The van der Waals surface area contributed by atoms with E-state index in [1.165, 1.54) is 11.1 Å². The minimum absolute atomic E-state index is 0.917. The van der Waals surface area contributed by atoms with Gasteiger partial charge in [0.2, 0.25) is 0 Å². The van der Waals surface area contributed by atoms with Gasteiger partial charge in [0, 0.05) is 11.1 Å². The topological polar surface area (TPSA) is 25.8 Å². The van der Waals surface area contributed by atoms with E-state index in [4.69, 9.17) is 0 Å². The second kappa shape index (κ2) is 5.49. The lowest BCUT2D eigenvalue weighted by Crippen LogP contribution is -1.95. The molecule has 0 saturated heterocycles. The molecule has 1 aromatic heterocycles. The largest absolute Gasteiger partial charge is 0.150 e. The van der Waals surface area contributed by atoms with E-state index >= 15 is 0 Å². The second-order valence-corrected chi connectivity index (χ2v) is 5.43. The predicted molar refractivity (Wildman–Crippen MR) is 87.1 cm³/mol. The van der Waals surface area contributed by atoms with E-state index in [1.54, 1.807) is 0 Å². The first-order valence-corrected chi connectivity index (χ1v) is 7.12. The molecule has 0 spiro atoms. The van der Waals surface area contributed by atoms with Gasteiger partial charge in [-0.1, -0.05) is 42.5 Å². The predicted octanol–water partition coefficient (Wildman–Crippen LogP) is 4.74. The molecule has 3 aromatic rings. The van der Waals surface area contributed by atoms with Crippen LogP contribution in [0, 0.1) is 20.8 Å². The van der Waals surface area contributed by atoms with Crippen LogP contribution in [0.2, 0.25) is 0 Å². The molecule has 0 aliphatic rings. The Labute approximate surface area is 125 Å². The summed E-state index contributed by atoms with van der Waals surface area (Å²) in [4.78, 5) is 0. The average molecular weight is 274 g/mol. The first-order chi connectivity index (χ1) is 10.1. The van der Waals surface area contributed by atoms with Gasteiger partial charge in [-0.05, 0) is 49.6 Å². The van der Waals surface area contributed by atoms with Gasteiger partial charge in [-0.2, -0.15) is 0 Å². The summed E-state index contributed by atoms with van der Waals surface area (Å²) in [7, 11) is 0. The first-order valence-electron chi connectivity index (χ1n) is 7.12. The van der Waals surface area contributed by atoms with Crippen LogP contribution in [0.1, 0.15) is 16.7 Å². The lowest BCUT2D eigenvalue weighted by Gasteiger charge is -2.08. The van der Waals surface area contributed by atoms with Gasteiger partial charge < -0.3 is 0 Å². The number of hydrogen-bond acceptors (Lipinski definition) is 2. The molecule has 0 aliphatic carbocycles. The smallest absolute Gasteiger partial charge is 0.0959 e. The average Bonchev–Trinajstić information content (AvgIpc) is 2.51. The van der Waals surface area contributed by atoms with Crippen LogP contribution < -0.4 is 0 Å². The maximum atomic E-state index is 4.45. The highest BCUT2D eigenvalue weighted by Gasteiger charge is 2.08. The molecule has 0 saturated carbocycles. The summed E-state index contributed by atoms with van der Waals surface area (Å²) in [6, 6.07) is 18.7. The van der Waals surface area contributed by atoms with Gasteiger partial charge in [-0.25, -0.2) is 0 Å². The van der Waals surface area contributed by atoms with Crippen LogP contribution in [-0.4, -0.2) is 10.2 Å². The minimum atomic E-state index is 0.917. The van der Waals surface area contributed by atoms with E-state index in [1.807, 2.05) is 18.2 Å². The Balaban J connectivity index is 2.04. The van der Waals surface area contributed by atoms with Crippen LogP contribution >= 0.6 is 0 Å². The summed E-state index contributed by atoms with van der Waals surface area (Å²) < 4.78 is 0. The van der Waals surface area contributed by atoms with Crippen LogP contribution in [0.4, 0.5) is 0 Å². The van der Waals surface area contributed by atoms with E-state index < -0.39 is 0 Å². The van der Waals surface area contributed by atoms with Crippen LogP contribution in [0.25, 0.3) is 22.5 Å². The molecule has 2 heteroatoms. The Kier molecular flexibility index (Phi) is 3.53. The number of hydrogen-bond donors (Lipinski definition) is 0. The molecule has 0 N–H and O–H groups in total. The lowest BCUT2D eigenvalue weighted by molar-refractivity contribution is 1.03. The van der Waals surface area contributed by atoms with Gasteiger partial charge in [0.05, 0.1) is 11.4 Å². The van der Waals surface area contributed by atoms with Crippen molar-refractivity contribution < 1.29 is 0 Å². The molecule has 0 fully saturated rings. The van der Waals surface area contributed by atoms with E-state index in [0.717, 1.165) is 28.1 Å². The minimum Gasteiger partial charge on any atom is -0.150 e. The third-order valence-corrected chi connectivity index (χ3v) is 3.83. The van der Waals surface area contributed by atoms with Gasteiger partial charge in [0.25, 0.3) is 0 Å². The molecule has 0 unspecified atom stereocenters. The van der Waals surface area contributed by atoms with Gasteiger partial charge >= 0.3 is 0 Å². The lowest BCUT2D eigenvalue weighted by atomic mass is 10.0. The molecule has 21 heavy (non-hydrogen) atoms. The fraction of sp³-hybridized carbons (Fsp3) is 0.158. The molecule has 0 bridgehead atoms. The zero-order chi connectivity index (χ0) is 14.8. The Morgan fingerprint density at radius 1 is 0.619 bits per heavy atom. The standard InChI is InChI=1S/C19H18N2/c1-13-9-10-17(11-14(13)2)19-15(3)12-18(20-21-19)16-7-5-4-6-8-16/h4-12H,1-3H3. The number of aromatic nitrogens is 2. The Morgan fingerprint density at radius 3 is 2.05 bits per heavy atom. The Morgan fingerprint density at radius 2 is 1.38 bits per heavy atom. The van der Waals surface area contributed by atoms with E-state index in [-0.39, 0.29) is 0 Å². The maximum Gasteiger partial charge on any atom is 0.0959 e. The molecule has 0 atom stereocenters. The van der Waals surface area contributed by atoms with Crippen molar-refractivity contribution >= 4 is 0 Å². The van der Waals surface area contributed by atoms with Crippen molar-refractivity contribution in [1.29, 1.82) is 0 Å². The fourth-order valence-corrected chi connectivity index (χ4v) is 2.41. The zero-order valence-electron chi connectivity index (χ0n) is 12.6. The fourth-order valence-electron chi connectivity index (χ4n) is 2.41. The zero-order valence-corrected chi connectivity index (χ0v) is 12.6. The highest BCUT2D eigenvalue weighted by molar-refractivity contribution is 5.67. The van der Waals surface area contributed by atoms with Crippen molar-refractivity contribution in [3.05, 3.63) is 71.3 Å². The summed E-state index contributed by atoms with van der Waals surface area (Å²) in [5, 5.41) is 8.83. The number of nitrogens with zero attached hydrogens (tertiary/aromatic N) is 2. The summed E-state index contributed by atoms with van der Waals surface area (Å²) in [5.41, 5.74) is 7.82. The van der Waals surface area contributed by atoms with Gasteiger partial charge in [-0.15, -0.1) is 10.2 Å². The molecule has 3 rings (SSSR count). The molecular weight excluding hydrogens is 256 g/mol. The number of rotatable bonds is 2.